The van der Waals surface area contributed by atoms with Gasteiger partial charge in [-0.15, -0.1) is 0 Å². The number of ether oxygens (including phenoxy) is 2. The van der Waals surface area contributed by atoms with Crippen molar-refractivity contribution in [1.29, 1.82) is 5.26 Å². The molecule has 1 N–H and O–H groups in total. The third kappa shape index (κ3) is 5.59. The first-order chi connectivity index (χ1) is 17.5. The number of para-hydroxylation sites is 1. The highest BCUT2D eigenvalue weighted by Gasteiger charge is 2.15. The maximum absolute atomic E-state index is 12.8. The van der Waals surface area contributed by atoms with E-state index >= 15 is 0 Å². The number of nitrogens with zero attached hydrogens (tertiary/aromatic N) is 1. The molecule has 0 spiro atoms. The SMILES string of the molecule is CCc1ccccc1NC(=O)/C(C#N)=C/c1cc(Br)c(OCc2cccc3ccccc23)c(OC)c1. The lowest BCUT2D eigenvalue weighted by atomic mass is 10.1. The van der Waals surface area contributed by atoms with E-state index in [-0.39, 0.29) is 5.57 Å². The molecule has 0 saturated heterocycles. The van der Waals surface area contributed by atoms with Gasteiger partial charge in [0.2, 0.25) is 0 Å². The molecule has 0 fully saturated rings. The normalized spacial score (nSPS) is 11.1. The van der Waals surface area contributed by atoms with Gasteiger partial charge in [0.25, 0.3) is 5.91 Å². The quantitative estimate of drug-likeness (QED) is 0.188. The van der Waals surface area contributed by atoms with Crippen molar-refractivity contribution < 1.29 is 14.3 Å². The lowest BCUT2D eigenvalue weighted by molar-refractivity contribution is -0.112. The zero-order valence-corrected chi connectivity index (χ0v) is 21.6. The fourth-order valence-corrected chi connectivity index (χ4v) is 4.56. The Hall–Kier alpha value is -4.08. The monoisotopic (exact) mass is 540 g/mol. The summed E-state index contributed by atoms with van der Waals surface area (Å²) in [6, 6.07) is 27.4. The number of methoxy groups -OCH3 is 1. The van der Waals surface area contributed by atoms with Gasteiger partial charge < -0.3 is 14.8 Å². The highest BCUT2D eigenvalue weighted by atomic mass is 79.9. The van der Waals surface area contributed by atoms with Gasteiger partial charge in [-0.05, 0) is 74.1 Å². The number of fused-ring (bicyclic) bond motifs is 1. The van der Waals surface area contributed by atoms with Gasteiger partial charge in [0.1, 0.15) is 18.2 Å². The maximum atomic E-state index is 12.8. The second kappa shape index (κ2) is 11.6. The molecule has 4 aromatic carbocycles. The topological polar surface area (TPSA) is 71.4 Å². The lowest BCUT2D eigenvalue weighted by Gasteiger charge is -2.15. The van der Waals surface area contributed by atoms with Crippen LogP contribution >= 0.6 is 15.9 Å². The van der Waals surface area contributed by atoms with Gasteiger partial charge >= 0.3 is 0 Å². The van der Waals surface area contributed by atoms with E-state index in [1.807, 2.05) is 61.5 Å². The predicted molar refractivity (Wildman–Crippen MR) is 147 cm³/mol. The molecule has 0 aromatic heterocycles. The molecule has 1 amide bonds. The van der Waals surface area contributed by atoms with Crippen LogP contribution in [0.25, 0.3) is 16.8 Å². The number of rotatable bonds is 8. The standard InChI is InChI=1S/C30H25BrN2O3/c1-3-21-9-5-7-14-27(21)33-30(34)24(18-32)15-20-16-26(31)29(28(17-20)35-2)36-19-23-12-8-11-22-10-4-6-13-25(22)23/h4-17H,3,19H2,1-2H3,(H,33,34)/b24-15+. The summed E-state index contributed by atoms with van der Waals surface area (Å²) in [5.41, 5.74) is 3.37. The van der Waals surface area contributed by atoms with Crippen LogP contribution in [0.4, 0.5) is 5.69 Å². The molecule has 0 aliphatic heterocycles. The molecule has 0 bridgehead atoms. The van der Waals surface area contributed by atoms with Crippen LogP contribution in [0.2, 0.25) is 0 Å². The molecule has 4 aromatic rings. The van der Waals surface area contributed by atoms with Crippen molar-refractivity contribution in [1.82, 2.24) is 0 Å². The zero-order valence-electron chi connectivity index (χ0n) is 20.0. The number of hydrogen-bond donors (Lipinski definition) is 1. The number of carbonyl (C=O) groups excluding carboxylic acids is 1. The van der Waals surface area contributed by atoms with Crippen LogP contribution in [0.3, 0.4) is 0 Å². The summed E-state index contributed by atoms with van der Waals surface area (Å²) in [6.07, 6.45) is 2.30. The van der Waals surface area contributed by atoms with Gasteiger partial charge in [0, 0.05) is 5.69 Å². The molecule has 0 saturated carbocycles. The van der Waals surface area contributed by atoms with Gasteiger partial charge in [-0.25, -0.2) is 0 Å². The minimum absolute atomic E-state index is 0.0146. The second-order valence-electron chi connectivity index (χ2n) is 8.10. The van der Waals surface area contributed by atoms with E-state index in [2.05, 4.69) is 39.4 Å². The molecule has 4 rings (SSSR count). The third-order valence-electron chi connectivity index (χ3n) is 5.83. The van der Waals surface area contributed by atoms with E-state index in [9.17, 15) is 10.1 Å². The minimum Gasteiger partial charge on any atom is -0.493 e. The number of halogens is 1. The van der Waals surface area contributed by atoms with Crippen LogP contribution < -0.4 is 14.8 Å². The van der Waals surface area contributed by atoms with E-state index in [1.54, 1.807) is 19.2 Å². The van der Waals surface area contributed by atoms with Gasteiger partial charge in [-0.2, -0.15) is 5.26 Å². The summed E-state index contributed by atoms with van der Waals surface area (Å²) in [6.45, 7) is 2.37. The summed E-state index contributed by atoms with van der Waals surface area (Å²) in [5, 5.41) is 14.8. The summed E-state index contributed by atoms with van der Waals surface area (Å²) < 4.78 is 12.4. The predicted octanol–water partition coefficient (Wildman–Crippen LogP) is 7.30. The molecular formula is C30H25BrN2O3. The Bertz CT molecular complexity index is 1480. The number of aryl methyl sites for hydroxylation is 1. The molecule has 0 heterocycles. The average Bonchev–Trinajstić information content (AvgIpc) is 2.91. The Morgan fingerprint density at radius 1 is 1.03 bits per heavy atom. The van der Waals surface area contributed by atoms with Crippen molar-refractivity contribution in [2.75, 3.05) is 12.4 Å². The van der Waals surface area contributed by atoms with Crippen LogP contribution in [0, 0.1) is 11.3 Å². The van der Waals surface area contributed by atoms with Crippen LogP contribution in [-0.2, 0) is 17.8 Å². The van der Waals surface area contributed by atoms with E-state index in [1.165, 1.54) is 6.08 Å². The van der Waals surface area contributed by atoms with Crippen molar-refractivity contribution in [2.45, 2.75) is 20.0 Å². The first-order valence-electron chi connectivity index (χ1n) is 11.5. The smallest absolute Gasteiger partial charge is 0.266 e. The summed E-state index contributed by atoms with van der Waals surface area (Å²) in [4.78, 5) is 12.8. The molecule has 0 aliphatic carbocycles. The molecule has 0 radical (unpaired) electrons. The zero-order chi connectivity index (χ0) is 25.5. The van der Waals surface area contributed by atoms with Crippen LogP contribution in [0.5, 0.6) is 11.5 Å². The molecule has 36 heavy (non-hydrogen) atoms. The van der Waals surface area contributed by atoms with Crippen LogP contribution in [0.1, 0.15) is 23.6 Å². The van der Waals surface area contributed by atoms with Gasteiger partial charge in [0.05, 0.1) is 11.6 Å². The minimum atomic E-state index is -0.468. The molecule has 0 unspecified atom stereocenters. The van der Waals surface area contributed by atoms with Crippen molar-refractivity contribution in [3.05, 3.63) is 106 Å². The van der Waals surface area contributed by atoms with Gasteiger partial charge in [-0.3, -0.25) is 4.79 Å². The number of benzene rings is 4. The Kier molecular flexibility index (Phi) is 8.04. The number of carbonyl (C=O) groups is 1. The highest BCUT2D eigenvalue weighted by Crippen LogP contribution is 2.38. The van der Waals surface area contributed by atoms with Crippen molar-refractivity contribution >= 4 is 44.4 Å². The molecule has 0 aliphatic rings. The Morgan fingerprint density at radius 2 is 1.75 bits per heavy atom. The van der Waals surface area contributed by atoms with Gasteiger partial charge in [0.15, 0.2) is 11.5 Å². The molecule has 0 atom stereocenters. The fourth-order valence-electron chi connectivity index (χ4n) is 3.99. The van der Waals surface area contributed by atoms with Gasteiger partial charge in [-0.1, -0.05) is 67.6 Å². The number of anilines is 1. The lowest BCUT2D eigenvalue weighted by Crippen LogP contribution is -2.14. The van der Waals surface area contributed by atoms with E-state index in [4.69, 9.17) is 9.47 Å². The van der Waals surface area contributed by atoms with Crippen molar-refractivity contribution in [2.24, 2.45) is 0 Å². The molecule has 5 nitrogen and oxygen atoms in total. The summed E-state index contributed by atoms with van der Waals surface area (Å²) in [5.74, 6) is 0.567. The van der Waals surface area contributed by atoms with E-state index in [0.29, 0.717) is 33.8 Å². The number of amides is 1. The fraction of sp³-hybridized carbons (Fsp3) is 0.133. The largest absolute Gasteiger partial charge is 0.493 e. The van der Waals surface area contributed by atoms with Crippen molar-refractivity contribution in [3.8, 4) is 17.6 Å². The maximum Gasteiger partial charge on any atom is 0.266 e. The molecule has 180 valence electrons. The van der Waals surface area contributed by atoms with E-state index in [0.717, 1.165) is 28.3 Å². The second-order valence-corrected chi connectivity index (χ2v) is 8.95. The number of nitriles is 1. The molecular weight excluding hydrogens is 516 g/mol. The molecule has 6 heteroatoms. The first kappa shape index (κ1) is 25.0. The number of hydrogen-bond acceptors (Lipinski definition) is 4. The Balaban J connectivity index is 1.57. The Morgan fingerprint density at radius 3 is 2.53 bits per heavy atom. The summed E-state index contributed by atoms with van der Waals surface area (Å²) >= 11 is 3.57. The Labute approximate surface area is 219 Å². The third-order valence-corrected chi connectivity index (χ3v) is 6.42. The van der Waals surface area contributed by atoms with E-state index < -0.39 is 5.91 Å². The first-order valence-corrected chi connectivity index (χ1v) is 12.3. The summed E-state index contributed by atoms with van der Waals surface area (Å²) in [7, 11) is 1.56. The average molecular weight is 541 g/mol. The number of nitrogens with one attached hydrogen (secondary N) is 1. The van der Waals surface area contributed by atoms with Crippen LogP contribution in [-0.4, -0.2) is 13.0 Å². The van der Waals surface area contributed by atoms with Crippen LogP contribution in [0.15, 0.2) is 88.9 Å². The van der Waals surface area contributed by atoms with Crippen molar-refractivity contribution in [3.63, 3.8) is 0 Å². The highest BCUT2D eigenvalue weighted by molar-refractivity contribution is 9.10.